The molecule has 4 nitrogen and oxygen atoms in total. The van der Waals surface area contributed by atoms with Gasteiger partial charge in [-0.1, -0.05) is 36.4 Å². The smallest absolute Gasteiger partial charge is 0.258 e. The maximum absolute atomic E-state index is 13.5. The molecule has 1 amide bonds. The Kier molecular flexibility index (Phi) is 6.17. The normalized spacial score (nSPS) is 14.6. The zero-order valence-corrected chi connectivity index (χ0v) is 18.9. The van der Waals surface area contributed by atoms with E-state index in [2.05, 4.69) is 52.3 Å². The zero-order valence-electron chi connectivity index (χ0n) is 18.1. The highest BCUT2D eigenvalue weighted by atomic mass is 32.1. The molecule has 0 radical (unpaired) electrons. The standard InChI is InChI=1S/C27H27N3OS/c31-27(22-6-2-1-3-7-22)30(26-20-23-8-4-5-9-25(23)32-26)19-14-21-12-17-29(18-13-21)24-10-15-28-16-11-24/h1-11,15-16,20-21H,12-14,17-19H2. The van der Waals surface area contributed by atoms with Gasteiger partial charge in [0.1, 0.15) is 0 Å². The first-order valence-corrected chi connectivity index (χ1v) is 12.1. The number of hydrogen-bond acceptors (Lipinski definition) is 4. The van der Waals surface area contributed by atoms with Gasteiger partial charge in [0.15, 0.2) is 0 Å². The maximum Gasteiger partial charge on any atom is 0.258 e. The molecule has 1 saturated heterocycles. The first-order valence-electron chi connectivity index (χ1n) is 11.3. The van der Waals surface area contributed by atoms with Crippen molar-refractivity contribution in [1.82, 2.24) is 4.98 Å². The molecule has 0 saturated carbocycles. The van der Waals surface area contributed by atoms with Gasteiger partial charge in [0, 0.05) is 48.0 Å². The van der Waals surface area contributed by atoms with Crippen LogP contribution in [0.15, 0.2) is 85.2 Å². The summed E-state index contributed by atoms with van der Waals surface area (Å²) in [4.78, 5) is 22.0. The number of piperidine rings is 1. The summed E-state index contributed by atoms with van der Waals surface area (Å²) in [6.07, 6.45) is 7.06. The Morgan fingerprint density at radius 1 is 0.969 bits per heavy atom. The molecule has 2 aromatic heterocycles. The first-order chi connectivity index (χ1) is 15.8. The molecule has 1 aliphatic rings. The molecule has 0 bridgehead atoms. The molecule has 4 aromatic rings. The van der Waals surface area contributed by atoms with E-state index in [1.807, 2.05) is 47.6 Å². The highest BCUT2D eigenvalue weighted by Gasteiger charge is 2.24. The Morgan fingerprint density at radius 2 is 1.69 bits per heavy atom. The van der Waals surface area contributed by atoms with Crippen molar-refractivity contribution in [3.05, 3.63) is 90.8 Å². The van der Waals surface area contributed by atoms with E-state index in [1.54, 1.807) is 11.3 Å². The summed E-state index contributed by atoms with van der Waals surface area (Å²) in [7, 11) is 0. The van der Waals surface area contributed by atoms with Crippen LogP contribution < -0.4 is 9.80 Å². The molecule has 0 spiro atoms. The Labute approximate surface area is 193 Å². The van der Waals surface area contributed by atoms with Gasteiger partial charge in [0.05, 0.1) is 5.00 Å². The molecular formula is C27H27N3OS. The van der Waals surface area contributed by atoms with Crippen LogP contribution in [-0.2, 0) is 0 Å². The molecule has 3 heterocycles. The van der Waals surface area contributed by atoms with Crippen molar-refractivity contribution in [3.8, 4) is 0 Å². The number of carbonyl (C=O) groups excluding carboxylic acids is 1. The van der Waals surface area contributed by atoms with E-state index in [4.69, 9.17) is 0 Å². The minimum absolute atomic E-state index is 0.0892. The minimum atomic E-state index is 0.0892. The van der Waals surface area contributed by atoms with Crippen molar-refractivity contribution in [1.29, 1.82) is 0 Å². The molecule has 1 aliphatic heterocycles. The number of pyridine rings is 1. The highest BCUT2D eigenvalue weighted by molar-refractivity contribution is 7.23. The summed E-state index contributed by atoms with van der Waals surface area (Å²) in [6, 6.07) is 24.3. The van der Waals surface area contributed by atoms with E-state index in [0.717, 1.165) is 49.5 Å². The predicted molar refractivity (Wildman–Crippen MR) is 134 cm³/mol. The third-order valence-corrected chi connectivity index (χ3v) is 7.49. The van der Waals surface area contributed by atoms with Crippen LogP contribution in [0.2, 0.25) is 0 Å². The fourth-order valence-electron chi connectivity index (χ4n) is 4.50. The maximum atomic E-state index is 13.5. The monoisotopic (exact) mass is 441 g/mol. The van der Waals surface area contributed by atoms with Crippen LogP contribution in [0, 0.1) is 5.92 Å². The largest absolute Gasteiger partial charge is 0.371 e. The number of anilines is 2. The molecule has 162 valence electrons. The zero-order chi connectivity index (χ0) is 21.8. The quantitative estimate of drug-likeness (QED) is 0.355. The lowest BCUT2D eigenvalue weighted by Gasteiger charge is -2.34. The topological polar surface area (TPSA) is 36.4 Å². The fourth-order valence-corrected chi connectivity index (χ4v) is 5.58. The molecule has 0 aliphatic carbocycles. The number of fused-ring (bicyclic) bond motifs is 1. The lowest BCUT2D eigenvalue weighted by molar-refractivity contribution is 0.0985. The van der Waals surface area contributed by atoms with Gasteiger partial charge < -0.3 is 4.90 Å². The third-order valence-electron chi connectivity index (χ3n) is 6.35. The summed E-state index contributed by atoms with van der Waals surface area (Å²) >= 11 is 1.70. The van der Waals surface area contributed by atoms with Gasteiger partial charge in [-0.25, -0.2) is 0 Å². The number of carbonyl (C=O) groups is 1. The van der Waals surface area contributed by atoms with Gasteiger partial charge in [0.2, 0.25) is 0 Å². The lowest BCUT2D eigenvalue weighted by Crippen LogP contribution is -2.36. The molecule has 5 heteroatoms. The van der Waals surface area contributed by atoms with Crippen LogP contribution in [0.5, 0.6) is 0 Å². The number of rotatable bonds is 6. The molecule has 2 aromatic carbocycles. The van der Waals surface area contributed by atoms with Crippen LogP contribution in [0.1, 0.15) is 29.6 Å². The molecule has 0 atom stereocenters. The van der Waals surface area contributed by atoms with Crippen LogP contribution in [0.4, 0.5) is 10.7 Å². The third kappa shape index (κ3) is 4.53. The van der Waals surface area contributed by atoms with Gasteiger partial charge in [0.25, 0.3) is 5.91 Å². The summed E-state index contributed by atoms with van der Waals surface area (Å²) in [5.74, 6) is 0.722. The summed E-state index contributed by atoms with van der Waals surface area (Å²) < 4.78 is 1.22. The van der Waals surface area contributed by atoms with Crippen molar-refractivity contribution in [2.24, 2.45) is 5.92 Å². The van der Waals surface area contributed by atoms with Crippen molar-refractivity contribution in [2.45, 2.75) is 19.3 Å². The Hall–Kier alpha value is -3.18. The number of thiophene rings is 1. The van der Waals surface area contributed by atoms with Crippen molar-refractivity contribution in [2.75, 3.05) is 29.4 Å². The number of amides is 1. The number of aromatic nitrogens is 1. The number of hydrogen-bond donors (Lipinski definition) is 0. The average molecular weight is 442 g/mol. The number of benzene rings is 2. The summed E-state index contributed by atoms with van der Waals surface area (Å²) in [6.45, 7) is 2.87. The lowest BCUT2D eigenvalue weighted by atomic mass is 9.93. The molecule has 0 unspecified atom stereocenters. The second-order valence-corrected chi connectivity index (χ2v) is 9.43. The summed E-state index contributed by atoms with van der Waals surface area (Å²) in [5.41, 5.74) is 2.00. The first kappa shape index (κ1) is 20.7. The average Bonchev–Trinajstić information content (AvgIpc) is 3.29. The van der Waals surface area contributed by atoms with Crippen LogP contribution in [0.25, 0.3) is 10.1 Å². The van der Waals surface area contributed by atoms with Gasteiger partial charge in [-0.3, -0.25) is 14.7 Å². The van der Waals surface area contributed by atoms with Gasteiger partial charge in [-0.05, 0) is 67.0 Å². The SMILES string of the molecule is O=C(c1ccccc1)N(CCC1CCN(c2ccncc2)CC1)c1cc2ccccc2s1. The predicted octanol–water partition coefficient (Wildman–Crippen LogP) is 6.25. The van der Waals surface area contributed by atoms with E-state index in [9.17, 15) is 4.79 Å². The highest BCUT2D eigenvalue weighted by Crippen LogP contribution is 2.34. The van der Waals surface area contributed by atoms with Gasteiger partial charge >= 0.3 is 0 Å². The van der Waals surface area contributed by atoms with Crippen molar-refractivity contribution >= 4 is 38.0 Å². The van der Waals surface area contributed by atoms with E-state index in [1.165, 1.54) is 15.8 Å². The molecular weight excluding hydrogens is 414 g/mol. The van der Waals surface area contributed by atoms with Crippen LogP contribution >= 0.6 is 11.3 Å². The van der Waals surface area contributed by atoms with E-state index in [-0.39, 0.29) is 5.91 Å². The van der Waals surface area contributed by atoms with Crippen molar-refractivity contribution < 1.29 is 4.79 Å². The van der Waals surface area contributed by atoms with Crippen LogP contribution in [-0.4, -0.2) is 30.5 Å². The molecule has 1 fully saturated rings. The molecule has 32 heavy (non-hydrogen) atoms. The van der Waals surface area contributed by atoms with Gasteiger partial charge in [-0.2, -0.15) is 0 Å². The Bertz CT molecular complexity index is 1130. The molecule has 5 rings (SSSR count). The van der Waals surface area contributed by atoms with E-state index in [0.29, 0.717) is 5.92 Å². The second-order valence-electron chi connectivity index (χ2n) is 8.37. The summed E-state index contributed by atoms with van der Waals surface area (Å²) in [5, 5.41) is 2.23. The number of nitrogens with zero attached hydrogens (tertiary/aromatic N) is 3. The van der Waals surface area contributed by atoms with E-state index >= 15 is 0 Å². The Balaban J connectivity index is 1.30. The van der Waals surface area contributed by atoms with Crippen LogP contribution in [0.3, 0.4) is 0 Å². The minimum Gasteiger partial charge on any atom is -0.371 e. The van der Waals surface area contributed by atoms with Crippen molar-refractivity contribution in [3.63, 3.8) is 0 Å². The van der Waals surface area contributed by atoms with E-state index < -0.39 is 0 Å². The second kappa shape index (κ2) is 9.53. The Morgan fingerprint density at radius 3 is 2.44 bits per heavy atom. The fraction of sp³-hybridized carbons (Fsp3) is 0.259. The van der Waals surface area contributed by atoms with Gasteiger partial charge in [-0.15, -0.1) is 11.3 Å². The molecule has 0 N–H and O–H groups in total.